The molecule has 0 heterocycles. The van der Waals surface area contributed by atoms with Crippen molar-refractivity contribution in [1.29, 1.82) is 0 Å². The minimum atomic E-state index is -0.743. The van der Waals surface area contributed by atoms with Gasteiger partial charge < -0.3 is 10.1 Å². The van der Waals surface area contributed by atoms with Gasteiger partial charge in [0.2, 0.25) is 0 Å². The summed E-state index contributed by atoms with van der Waals surface area (Å²) in [6.45, 7) is 4.71. The molecule has 0 bridgehead atoms. The van der Waals surface area contributed by atoms with Crippen molar-refractivity contribution in [3.63, 3.8) is 0 Å². The van der Waals surface area contributed by atoms with Gasteiger partial charge in [-0.05, 0) is 31.9 Å². The molecule has 0 aromatic heterocycles. The normalized spacial score (nSPS) is 10.8. The molecule has 0 aliphatic carbocycles. The van der Waals surface area contributed by atoms with Crippen LogP contribution in [0.4, 0.5) is 4.79 Å². The zero-order valence-corrected chi connectivity index (χ0v) is 17.4. The highest BCUT2D eigenvalue weighted by Gasteiger charge is 2.17. The Balaban J connectivity index is 1.74. The van der Waals surface area contributed by atoms with Crippen LogP contribution >= 0.6 is 0 Å². The molecular formula is C23H26N2O5. The van der Waals surface area contributed by atoms with Crippen molar-refractivity contribution >= 4 is 23.7 Å². The molecule has 158 valence electrons. The van der Waals surface area contributed by atoms with Gasteiger partial charge >= 0.3 is 12.0 Å². The Hall–Kier alpha value is -3.48. The second kappa shape index (κ2) is 10.3. The molecule has 7 nitrogen and oxygen atoms in total. The Morgan fingerprint density at radius 3 is 2.03 bits per heavy atom. The maximum Gasteiger partial charge on any atom is 0.321 e. The van der Waals surface area contributed by atoms with E-state index in [0.29, 0.717) is 5.56 Å². The standard InChI is InChI=1S/C23H26N2O5/c1-23(2,3)25-22(29)24-20(27)15-30-21(28)14-13-19(26)18-11-9-17(10-12-18)16-7-5-4-6-8-16/h4-12H,13-15H2,1-3H3,(H2,24,25,27,29). The van der Waals surface area contributed by atoms with E-state index in [-0.39, 0.29) is 18.6 Å². The van der Waals surface area contributed by atoms with Crippen LogP contribution in [0, 0.1) is 0 Å². The first-order valence-corrected chi connectivity index (χ1v) is 9.60. The summed E-state index contributed by atoms with van der Waals surface area (Å²) in [5.41, 5.74) is 2.04. The third kappa shape index (κ3) is 7.87. The van der Waals surface area contributed by atoms with Gasteiger partial charge in [0, 0.05) is 17.5 Å². The highest BCUT2D eigenvalue weighted by atomic mass is 16.5. The van der Waals surface area contributed by atoms with E-state index in [0.717, 1.165) is 11.1 Å². The van der Waals surface area contributed by atoms with E-state index in [2.05, 4.69) is 10.6 Å². The summed E-state index contributed by atoms with van der Waals surface area (Å²) in [4.78, 5) is 47.3. The Morgan fingerprint density at radius 2 is 1.43 bits per heavy atom. The molecule has 2 aromatic rings. The Bertz CT molecular complexity index is 899. The van der Waals surface area contributed by atoms with E-state index >= 15 is 0 Å². The number of amides is 3. The lowest BCUT2D eigenvalue weighted by molar-refractivity contribution is -0.148. The highest BCUT2D eigenvalue weighted by molar-refractivity contribution is 5.98. The van der Waals surface area contributed by atoms with E-state index < -0.39 is 30.1 Å². The number of hydrogen-bond donors (Lipinski definition) is 2. The van der Waals surface area contributed by atoms with Crippen LogP contribution in [0.25, 0.3) is 11.1 Å². The number of rotatable bonds is 7. The fraction of sp³-hybridized carbons (Fsp3) is 0.304. The van der Waals surface area contributed by atoms with Gasteiger partial charge in [0.05, 0.1) is 6.42 Å². The van der Waals surface area contributed by atoms with Gasteiger partial charge in [-0.15, -0.1) is 0 Å². The molecule has 0 saturated heterocycles. The topological polar surface area (TPSA) is 102 Å². The summed E-state index contributed by atoms with van der Waals surface area (Å²) < 4.78 is 4.81. The molecule has 0 fully saturated rings. The summed E-state index contributed by atoms with van der Waals surface area (Å²) in [7, 11) is 0. The van der Waals surface area contributed by atoms with Gasteiger partial charge in [0.15, 0.2) is 12.4 Å². The zero-order chi connectivity index (χ0) is 22.1. The highest BCUT2D eigenvalue weighted by Crippen LogP contribution is 2.20. The van der Waals surface area contributed by atoms with Crippen LogP contribution in [0.5, 0.6) is 0 Å². The lowest BCUT2D eigenvalue weighted by atomic mass is 10.0. The number of benzene rings is 2. The predicted octanol–water partition coefficient (Wildman–Crippen LogP) is 3.48. The molecule has 3 amide bonds. The van der Waals surface area contributed by atoms with Crippen LogP contribution in [0.1, 0.15) is 44.0 Å². The monoisotopic (exact) mass is 410 g/mol. The Morgan fingerprint density at radius 1 is 0.833 bits per heavy atom. The Labute approximate surface area is 175 Å². The molecule has 0 saturated carbocycles. The van der Waals surface area contributed by atoms with Crippen LogP contribution in [0.2, 0.25) is 0 Å². The number of Topliss-reactive ketones (excluding diaryl/α,β-unsaturated/α-hetero) is 1. The average molecular weight is 410 g/mol. The van der Waals surface area contributed by atoms with Crippen molar-refractivity contribution in [1.82, 2.24) is 10.6 Å². The van der Waals surface area contributed by atoms with Crippen molar-refractivity contribution < 1.29 is 23.9 Å². The SMILES string of the molecule is CC(C)(C)NC(=O)NC(=O)COC(=O)CCC(=O)c1ccc(-c2ccccc2)cc1. The molecule has 0 aliphatic rings. The number of urea groups is 1. The van der Waals surface area contributed by atoms with Gasteiger partial charge in [-0.3, -0.25) is 19.7 Å². The second-order valence-electron chi connectivity index (χ2n) is 7.78. The van der Waals surface area contributed by atoms with E-state index in [4.69, 9.17) is 4.74 Å². The van der Waals surface area contributed by atoms with Gasteiger partial charge in [-0.1, -0.05) is 54.6 Å². The Kier molecular flexibility index (Phi) is 7.86. The molecule has 30 heavy (non-hydrogen) atoms. The third-order valence-electron chi connectivity index (χ3n) is 3.98. The first-order chi connectivity index (χ1) is 14.1. The van der Waals surface area contributed by atoms with Gasteiger partial charge in [0.1, 0.15) is 0 Å². The lowest BCUT2D eigenvalue weighted by Crippen LogP contribution is -2.49. The molecule has 7 heteroatoms. The van der Waals surface area contributed by atoms with E-state index in [9.17, 15) is 19.2 Å². The maximum atomic E-state index is 12.3. The number of carbonyl (C=O) groups is 4. The van der Waals surface area contributed by atoms with E-state index in [1.165, 1.54) is 0 Å². The number of esters is 1. The van der Waals surface area contributed by atoms with Crippen LogP contribution in [-0.4, -0.2) is 35.8 Å². The molecule has 0 unspecified atom stereocenters. The predicted molar refractivity (Wildman–Crippen MR) is 113 cm³/mol. The van der Waals surface area contributed by atoms with Crippen LogP contribution < -0.4 is 10.6 Å². The second-order valence-corrected chi connectivity index (χ2v) is 7.78. The zero-order valence-electron chi connectivity index (χ0n) is 17.4. The summed E-state index contributed by atoms with van der Waals surface area (Å²) >= 11 is 0. The molecule has 2 aromatic carbocycles. The lowest BCUT2D eigenvalue weighted by Gasteiger charge is -2.20. The summed E-state index contributed by atoms with van der Waals surface area (Å²) in [5, 5.41) is 4.62. The molecule has 0 atom stereocenters. The quantitative estimate of drug-likeness (QED) is 0.537. The van der Waals surface area contributed by atoms with Crippen LogP contribution in [0.15, 0.2) is 54.6 Å². The maximum absolute atomic E-state index is 12.3. The summed E-state index contributed by atoms with van der Waals surface area (Å²) in [6, 6.07) is 16.3. The number of carbonyl (C=O) groups excluding carboxylic acids is 4. The molecule has 0 aliphatic heterocycles. The van der Waals surface area contributed by atoms with Crippen molar-refractivity contribution in [3.05, 3.63) is 60.2 Å². The number of ketones is 1. The molecule has 2 rings (SSSR count). The van der Waals surface area contributed by atoms with Gasteiger partial charge in [0.25, 0.3) is 5.91 Å². The molecular weight excluding hydrogens is 384 g/mol. The first kappa shape index (κ1) is 22.8. The average Bonchev–Trinajstić information content (AvgIpc) is 2.69. The fourth-order valence-electron chi connectivity index (χ4n) is 2.59. The smallest absolute Gasteiger partial charge is 0.321 e. The van der Waals surface area contributed by atoms with Crippen LogP contribution in [0.3, 0.4) is 0 Å². The van der Waals surface area contributed by atoms with E-state index in [1.807, 2.05) is 42.5 Å². The van der Waals surface area contributed by atoms with Crippen molar-refractivity contribution in [3.8, 4) is 11.1 Å². The molecule has 0 radical (unpaired) electrons. The summed E-state index contributed by atoms with van der Waals surface area (Å²) in [6.07, 6.45) is -0.184. The molecule has 2 N–H and O–H groups in total. The number of ether oxygens (including phenoxy) is 1. The minimum Gasteiger partial charge on any atom is -0.456 e. The number of hydrogen-bond acceptors (Lipinski definition) is 5. The largest absolute Gasteiger partial charge is 0.456 e. The van der Waals surface area contributed by atoms with E-state index in [1.54, 1.807) is 32.9 Å². The summed E-state index contributed by atoms with van der Waals surface area (Å²) in [5.74, 6) is -1.62. The van der Waals surface area contributed by atoms with Gasteiger partial charge in [-0.2, -0.15) is 0 Å². The number of nitrogens with one attached hydrogen (secondary N) is 2. The third-order valence-corrected chi connectivity index (χ3v) is 3.98. The number of imide groups is 1. The minimum absolute atomic E-state index is 0.0321. The first-order valence-electron chi connectivity index (χ1n) is 9.60. The fourth-order valence-corrected chi connectivity index (χ4v) is 2.59. The van der Waals surface area contributed by atoms with Crippen molar-refractivity contribution in [2.24, 2.45) is 0 Å². The van der Waals surface area contributed by atoms with Gasteiger partial charge in [-0.25, -0.2) is 4.79 Å². The van der Waals surface area contributed by atoms with Crippen molar-refractivity contribution in [2.75, 3.05) is 6.61 Å². The van der Waals surface area contributed by atoms with Crippen molar-refractivity contribution in [2.45, 2.75) is 39.2 Å². The van der Waals surface area contributed by atoms with Crippen LogP contribution in [-0.2, 0) is 14.3 Å². The molecule has 0 spiro atoms.